The molecule has 1 atom stereocenters. The highest BCUT2D eigenvalue weighted by Crippen LogP contribution is 2.25. The number of amidine groups is 1. The van der Waals surface area contributed by atoms with Crippen molar-refractivity contribution in [1.29, 1.82) is 0 Å². The fourth-order valence-corrected chi connectivity index (χ4v) is 1.16. The highest BCUT2D eigenvalue weighted by atomic mass is 19.4. The van der Waals surface area contributed by atoms with Crippen LogP contribution in [0.3, 0.4) is 0 Å². The van der Waals surface area contributed by atoms with Crippen molar-refractivity contribution in [2.24, 2.45) is 10.9 Å². The average Bonchev–Trinajstić information content (AvgIpc) is 2.25. The molecule has 1 rings (SSSR count). The predicted molar refractivity (Wildman–Crippen MR) is 57.6 cm³/mol. The number of ether oxygens (including phenoxy) is 1. The Morgan fingerprint density at radius 3 is 2.61 bits per heavy atom. The van der Waals surface area contributed by atoms with E-state index < -0.39 is 12.3 Å². The third-order valence-corrected chi connectivity index (χ3v) is 2.07. The second-order valence-electron chi connectivity index (χ2n) is 3.62. The number of rotatable bonds is 3. The first-order valence-corrected chi connectivity index (χ1v) is 4.94. The first-order valence-electron chi connectivity index (χ1n) is 4.94. The number of pyridine rings is 1. The molecule has 18 heavy (non-hydrogen) atoms. The smallest absolute Gasteiger partial charge is 0.425 e. The minimum Gasteiger partial charge on any atom is -0.481 e. The lowest BCUT2D eigenvalue weighted by Crippen LogP contribution is -2.31. The van der Waals surface area contributed by atoms with Crippen LogP contribution in [0.15, 0.2) is 17.3 Å². The molecule has 0 amide bonds. The molecule has 0 fully saturated rings. The number of nitrogens with two attached hydrogens (primary N) is 1. The fraction of sp³-hybridized carbons (Fsp3) is 0.400. The van der Waals surface area contributed by atoms with Gasteiger partial charge in [0.1, 0.15) is 11.4 Å². The summed E-state index contributed by atoms with van der Waals surface area (Å²) in [6.45, 7) is 2.44. The number of nitrogens with zero attached hydrogens (tertiary/aromatic N) is 2. The maximum atomic E-state index is 12.3. The van der Waals surface area contributed by atoms with Crippen LogP contribution in [0.4, 0.5) is 13.2 Å². The molecular formula is C10H12F3N3O2. The summed E-state index contributed by atoms with van der Waals surface area (Å²) in [5.74, 6) is -0.350. The van der Waals surface area contributed by atoms with Gasteiger partial charge in [-0.3, -0.25) is 0 Å². The number of alkyl halides is 3. The molecule has 0 aliphatic heterocycles. The summed E-state index contributed by atoms with van der Waals surface area (Å²) in [4.78, 5) is 3.90. The van der Waals surface area contributed by atoms with E-state index in [1.807, 2.05) is 0 Å². The van der Waals surface area contributed by atoms with Gasteiger partial charge in [0.2, 0.25) is 0 Å². The second kappa shape index (κ2) is 5.11. The third-order valence-electron chi connectivity index (χ3n) is 2.07. The van der Waals surface area contributed by atoms with Gasteiger partial charge in [0, 0.05) is 17.8 Å². The van der Waals surface area contributed by atoms with E-state index in [9.17, 15) is 13.2 Å². The van der Waals surface area contributed by atoms with Crippen LogP contribution in [0.5, 0.6) is 5.75 Å². The Bertz CT molecular complexity index is 460. The average molecular weight is 263 g/mol. The van der Waals surface area contributed by atoms with Crippen molar-refractivity contribution in [3.63, 3.8) is 0 Å². The predicted octanol–water partition coefficient (Wildman–Crippen LogP) is 1.81. The van der Waals surface area contributed by atoms with Crippen LogP contribution < -0.4 is 10.5 Å². The van der Waals surface area contributed by atoms with Gasteiger partial charge in [0.05, 0.1) is 0 Å². The molecule has 1 aromatic rings. The number of hydrogen-bond acceptors (Lipinski definition) is 4. The molecule has 8 heteroatoms. The molecule has 100 valence electrons. The van der Waals surface area contributed by atoms with Crippen LogP contribution in [-0.2, 0) is 0 Å². The molecule has 3 N–H and O–H groups in total. The van der Waals surface area contributed by atoms with Crippen molar-refractivity contribution < 1.29 is 23.1 Å². The van der Waals surface area contributed by atoms with Gasteiger partial charge >= 0.3 is 6.18 Å². The summed E-state index contributed by atoms with van der Waals surface area (Å²) in [5, 5.41) is 11.2. The Labute approximate surface area is 101 Å². The molecule has 0 spiro atoms. The lowest BCUT2D eigenvalue weighted by Gasteiger charge is -2.18. The summed E-state index contributed by atoms with van der Waals surface area (Å²) in [6.07, 6.45) is -6.42. The lowest BCUT2D eigenvalue weighted by atomic mass is 10.2. The third kappa shape index (κ3) is 3.51. The Hall–Kier alpha value is -1.99. The van der Waals surface area contributed by atoms with E-state index in [-0.39, 0.29) is 17.3 Å². The summed E-state index contributed by atoms with van der Waals surface area (Å²) < 4.78 is 41.7. The molecule has 1 aromatic heterocycles. The number of aromatic nitrogens is 1. The van der Waals surface area contributed by atoms with Gasteiger partial charge in [-0.05, 0) is 13.8 Å². The van der Waals surface area contributed by atoms with E-state index in [4.69, 9.17) is 15.7 Å². The van der Waals surface area contributed by atoms with Gasteiger partial charge < -0.3 is 15.7 Å². The van der Waals surface area contributed by atoms with E-state index in [0.29, 0.717) is 5.69 Å². The summed E-state index contributed by atoms with van der Waals surface area (Å²) in [5.41, 5.74) is 5.74. The largest absolute Gasteiger partial charge is 0.481 e. The second-order valence-corrected chi connectivity index (χ2v) is 3.62. The number of hydrogen-bond donors (Lipinski definition) is 2. The van der Waals surface area contributed by atoms with Gasteiger partial charge in [-0.15, -0.1) is 0 Å². The van der Waals surface area contributed by atoms with Crippen molar-refractivity contribution in [1.82, 2.24) is 4.98 Å². The Kier molecular flexibility index (Phi) is 4.00. The van der Waals surface area contributed by atoms with Gasteiger partial charge in [-0.2, -0.15) is 13.2 Å². The molecule has 1 unspecified atom stereocenters. The standard InChI is InChI=1S/C10H12F3N3O2/c1-5-3-7(18-6(2)10(11,12)13)4-8(15-5)9(14)16-17/h3-4,6,17H,1-2H3,(H2,14,16). The Morgan fingerprint density at radius 2 is 2.11 bits per heavy atom. The lowest BCUT2D eigenvalue weighted by molar-refractivity contribution is -0.189. The van der Waals surface area contributed by atoms with Gasteiger partial charge in [0.15, 0.2) is 11.9 Å². The van der Waals surface area contributed by atoms with Crippen molar-refractivity contribution in [2.75, 3.05) is 0 Å². The van der Waals surface area contributed by atoms with Crippen LogP contribution in [0, 0.1) is 6.92 Å². The molecule has 0 bridgehead atoms. The van der Waals surface area contributed by atoms with Crippen LogP contribution >= 0.6 is 0 Å². The fourth-order valence-electron chi connectivity index (χ4n) is 1.16. The molecular weight excluding hydrogens is 251 g/mol. The zero-order valence-corrected chi connectivity index (χ0v) is 9.69. The van der Waals surface area contributed by atoms with Crippen molar-refractivity contribution >= 4 is 5.84 Å². The zero-order valence-electron chi connectivity index (χ0n) is 9.69. The number of aryl methyl sites for hydroxylation is 1. The van der Waals surface area contributed by atoms with E-state index in [2.05, 4.69) is 10.1 Å². The van der Waals surface area contributed by atoms with Crippen molar-refractivity contribution in [3.05, 3.63) is 23.5 Å². The zero-order chi connectivity index (χ0) is 13.9. The van der Waals surface area contributed by atoms with Crippen LogP contribution in [0.2, 0.25) is 0 Å². The van der Waals surface area contributed by atoms with Crippen molar-refractivity contribution in [3.8, 4) is 5.75 Å². The summed E-state index contributed by atoms with van der Waals surface area (Å²) >= 11 is 0. The molecule has 0 saturated carbocycles. The van der Waals surface area contributed by atoms with Gasteiger partial charge in [0.25, 0.3) is 0 Å². The topological polar surface area (TPSA) is 80.7 Å². The quantitative estimate of drug-likeness (QED) is 0.377. The monoisotopic (exact) mass is 263 g/mol. The molecule has 0 radical (unpaired) electrons. The highest BCUT2D eigenvalue weighted by Gasteiger charge is 2.38. The Balaban J connectivity index is 3.01. The first kappa shape index (κ1) is 14.1. The van der Waals surface area contributed by atoms with Crippen molar-refractivity contribution in [2.45, 2.75) is 26.1 Å². The SMILES string of the molecule is Cc1cc(OC(C)C(F)(F)F)cc(/C(N)=N/O)n1. The number of halogens is 3. The first-order chi connectivity index (χ1) is 8.24. The normalized spacial score (nSPS) is 14.4. The molecule has 0 aliphatic rings. The van der Waals surface area contributed by atoms with E-state index in [1.165, 1.54) is 12.1 Å². The molecule has 1 heterocycles. The summed E-state index contributed by atoms with van der Waals surface area (Å²) in [6, 6.07) is 2.50. The van der Waals surface area contributed by atoms with Gasteiger partial charge in [-0.25, -0.2) is 4.98 Å². The van der Waals surface area contributed by atoms with Crippen LogP contribution in [0.25, 0.3) is 0 Å². The summed E-state index contributed by atoms with van der Waals surface area (Å²) in [7, 11) is 0. The molecule has 5 nitrogen and oxygen atoms in total. The maximum absolute atomic E-state index is 12.3. The van der Waals surface area contributed by atoms with Crippen LogP contribution in [0.1, 0.15) is 18.3 Å². The van der Waals surface area contributed by atoms with E-state index >= 15 is 0 Å². The molecule has 0 aliphatic carbocycles. The van der Waals surface area contributed by atoms with Gasteiger partial charge in [-0.1, -0.05) is 5.16 Å². The van der Waals surface area contributed by atoms with E-state index in [1.54, 1.807) is 6.92 Å². The highest BCUT2D eigenvalue weighted by molar-refractivity contribution is 5.95. The number of oxime groups is 1. The maximum Gasteiger partial charge on any atom is 0.425 e. The minimum absolute atomic E-state index is 0.0434. The van der Waals surface area contributed by atoms with Crippen LogP contribution in [-0.4, -0.2) is 28.3 Å². The minimum atomic E-state index is -4.46. The Morgan fingerprint density at radius 1 is 1.50 bits per heavy atom. The molecule has 0 aromatic carbocycles. The molecule has 0 saturated heterocycles. The van der Waals surface area contributed by atoms with E-state index in [0.717, 1.165) is 6.92 Å².